The lowest BCUT2D eigenvalue weighted by atomic mass is 10.5. The average molecular weight is 567 g/mol. The van der Waals surface area contributed by atoms with Gasteiger partial charge in [0, 0.05) is 52.5 Å². The predicted octanol–water partition coefficient (Wildman–Crippen LogP) is 4.75. The minimum absolute atomic E-state index is 0.241. The number of aldehydes is 2. The molecule has 32 heavy (non-hydrogen) atoms. The van der Waals surface area contributed by atoms with Crippen LogP contribution in [0.5, 0.6) is 0 Å². The van der Waals surface area contributed by atoms with Crippen molar-refractivity contribution in [3.05, 3.63) is 0 Å². The highest BCUT2D eigenvalue weighted by Crippen LogP contribution is 2.51. The summed E-state index contributed by atoms with van der Waals surface area (Å²) >= 11 is 0. The Morgan fingerprint density at radius 1 is 0.562 bits per heavy atom. The molecule has 0 spiro atoms. The number of hydrogen-bond donors (Lipinski definition) is 0. The maximum absolute atomic E-state index is 11.4. The molecule has 2 unspecified atom stereocenters. The summed E-state index contributed by atoms with van der Waals surface area (Å²) in [5.41, 5.74) is 0. The van der Waals surface area contributed by atoms with E-state index in [4.69, 9.17) is 26.6 Å². The highest BCUT2D eigenvalue weighted by Gasteiger charge is 2.51. The molecular weight excluding hydrogens is 529 g/mol. The van der Waals surface area contributed by atoms with Crippen molar-refractivity contribution in [2.75, 3.05) is 39.6 Å². The van der Waals surface area contributed by atoms with Gasteiger partial charge in [0.15, 0.2) is 0 Å². The fourth-order valence-electron chi connectivity index (χ4n) is 2.80. The number of hydrogen-bond acceptors (Lipinski definition) is 12. The third-order valence-electron chi connectivity index (χ3n) is 3.82. The molecular formula is C18H38O8S4Si2. The average Bonchev–Trinajstić information content (AvgIpc) is 2.76. The van der Waals surface area contributed by atoms with Crippen LogP contribution < -0.4 is 0 Å². The van der Waals surface area contributed by atoms with Gasteiger partial charge >= 0.3 is 17.6 Å². The zero-order chi connectivity index (χ0) is 24.3. The Bertz CT molecular complexity index is 420. The molecule has 0 aliphatic carbocycles. The minimum atomic E-state index is -3.05. The monoisotopic (exact) mass is 566 g/mol. The van der Waals surface area contributed by atoms with Gasteiger partial charge in [-0.2, -0.15) is 0 Å². The third-order valence-corrected chi connectivity index (χ3v) is 20.0. The number of carbonyl (C=O) groups is 2. The van der Waals surface area contributed by atoms with Crippen molar-refractivity contribution in [1.29, 1.82) is 0 Å². The lowest BCUT2D eigenvalue weighted by molar-refractivity contribution is -0.108. The Balaban J connectivity index is 5.35. The second-order valence-electron chi connectivity index (χ2n) is 5.92. The van der Waals surface area contributed by atoms with E-state index in [0.29, 0.717) is 39.6 Å². The van der Waals surface area contributed by atoms with Gasteiger partial charge in [-0.1, -0.05) is 21.6 Å². The van der Waals surface area contributed by atoms with Crippen molar-refractivity contribution in [2.24, 2.45) is 0 Å². The highest BCUT2D eigenvalue weighted by atomic mass is 33.7. The lowest BCUT2D eigenvalue weighted by Gasteiger charge is -2.34. The van der Waals surface area contributed by atoms with Crippen LogP contribution in [0, 0.1) is 0 Å². The second kappa shape index (κ2) is 20.2. The highest BCUT2D eigenvalue weighted by molar-refractivity contribution is 9.26. The van der Waals surface area contributed by atoms with Gasteiger partial charge in [-0.15, -0.1) is 0 Å². The van der Waals surface area contributed by atoms with E-state index in [2.05, 4.69) is 0 Å². The molecule has 0 saturated heterocycles. The summed E-state index contributed by atoms with van der Waals surface area (Å²) < 4.78 is 35.9. The minimum Gasteiger partial charge on any atom is -0.373 e. The van der Waals surface area contributed by atoms with Gasteiger partial charge in [0.05, 0.1) is 9.75 Å². The summed E-state index contributed by atoms with van der Waals surface area (Å²) in [5, 5.41) is 0. The van der Waals surface area contributed by atoms with E-state index in [1.807, 2.05) is 41.5 Å². The molecule has 0 heterocycles. The number of carbonyl (C=O) groups excluding carboxylic acids is 2. The molecule has 0 aliphatic heterocycles. The van der Waals surface area contributed by atoms with Crippen molar-refractivity contribution in [1.82, 2.24) is 0 Å². The molecule has 0 aliphatic rings. The maximum atomic E-state index is 11.4. The van der Waals surface area contributed by atoms with Crippen molar-refractivity contribution >= 4 is 71.4 Å². The predicted molar refractivity (Wildman–Crippen MR) is 141 cm³/mol. The Kier molecular flexibility index (Phi) is 20.7. The second-order valence-corrected chi connectivity index (χ2v) is 18.5. The van der Waals surface area contributed by atoms with Crippen LogP contribution in [-0.2, 0) is 36.1 Å². The summed E-state index contributed by atoms with van der Waals surface area (Å²) in [7, 11) is -0.0831. The summed E-state index contributed by atoms with van der Waals surface area (Å²) in [6.45, 7) is 14.0. The fraction of sp³-hybridized carbons (Fsp3) is 0.889. The van der Waals surface area contributed by atoms with E-state index >= 15 is 0 Å². The van der Waals surface area contributed by atoms with E-state index in [1.54, 1.807) is 0 Å². The summed E-state index contributed by atoms with van der Waals surface area (Å²) in [4.78, 5) is 22.3. The Morgan fingerprint density at radius 2 is 0.812 bits per heavy atom. The first-order valence-electron chi connectivity index (χ1n) is 10.9. The molecule has 0 aromatic rings. The Labute approximate surface area is 210 Å². The quantitative estimate of drug-likeness (QED) is 0.0739. The van der Waals surface area contributed by atoms with Crippen molar-refractivity contribution in [3.63, 3.8) is 0 Å². The first-order chi connectivity index (χ1) is 15.5. The summed E-state index contributed by atoms with van der Waals surface area (Å²) in [5.74, 6) is 0. The largest absolute Gasteiger partial charge is 0.516 e. The van der Waals surface area contributed by atoms with E-state index in [1.165, 1.54) is 41.2 Å². The molecule has 2 atom stereocenters. The maximum Gasteiger partial charge on any atom is 0.516 e. The molecule has 8 nitrogen and oxygen atoms in total. The zero-order valence-electron chi connectivity index (χ0n) is 19.9. The van der Waals surface area contributed by atoms with Crippen LogP contribution in [-0.4, -0.2) is 79.6 Å². The van der Waals surface area contributed by atoms with Gasteiger partial charge in [-0.3, -0.25) is 0 Å². The topological polar surface area (TPSA) is 89.5 Å². The molecule has 190 valence electrons. The van der Waals surface area contributed by atoms with Crippen LogP contribution >= 0.6 is 41.2 Å². The standard InChI is InChI=1S/C18H38O8S4Si2/c1-7-21-31(22-8-2,23-9-3)17(13-15-19)27-29-30-28-18(14-16-20)32(24-10-4,25-11-5)26-12-6/h15-18H,7-14H2,1-6H3. The summed E-state index contributed by atoms with van der Waals surface area (Å²) in [6.07, 6.45) is 2.29. The summed E-state index contributed by atoms with van der Waals surface area (Å²) in [6, 6.07) is 0. The molecule has 0 N–H and O–H groups in total. The molecule has 0 fully saturated rings. The lowest BCUT2D eigenvalue weighted by Crippen LogP contribution is -2.55. The Morgan fingerprint density at radius 3 is 1.00 bits per heavy atom. The molecule has 14 heteroatoms. The van der Waals surface area contributed by atoms with Gasteiger partial charge in [-0.25, -0.2) is 0 Å². The normalized spacial score (nSPS) is 14.3. The SMILES string of the molecule is CCO[Si](OCC)(OCC)C(CC=O)SSSSC(CC=O)[Si](OCC)(OCC)OCC. The van der Waals surface area contributed by atoms with Crippen molar-refractivity contribution in [3.8, 4) is 0 Å². The first kappa shape index (κ1) is 32.9. The van der Waals surface area contributed by atoms with E-state index < -0.39 is 17.6 Å². The van der Waals surface area contributed by atoms with Gasteiger partial charge in [0.2, 0.25) is 0 Å². The van der Waals surface area contributed by atoms with Gasteiger partial charge in [-0.05, 0) is 61.2 Å². The fourth-order valence-corrected chi connectivity index (χ4v) is 19.8. The molecule has 0 aromatic heterocycles. The van der Waals surface area contributed by atoms with Crippen LogP contribution in [0.3, 0.4) is 0 Å². The Hall–Kier alpha value is 0.934. The van der Waals surface area contributed by atoms with Crippen LogP contribution in [0.15, 0.2) is 0 Å². The molecule has 0 amide bonds. The van der Waals surface area contributed by atoms with E-state index in [0.717, 1.165) is 12.6 Å². The van der Waals surface area contributed by atoms with Crippen molar-refractivity contribution in [2.45, 2.75) is 64.1 Å². The van der Waals surface area contributed by atoms with Gasteiger partial charge in [0.25, 0.3) is 0 Å². The van der Waals surface area contributed by atoms with Crippen molar-refractivity contribution < 1.29 is 36.1 Å². The third kappa shape index (κ3) is 11.1. The van der Waals surface area contributed by atoms with Gasteiger partial charge < -0.3 is 36.1 Å². The van der Waals surface area contributed by atoms with Crippen LogP contribution in [0.2, 0.25) is 0 Å². The molecule has 0 radical (unpaired) electrons. The smallest absolute Gasteiger partial charge is 0.373 e. The van der Waals surface area contributed by atoms with E-state index in [9.17, 15) is 9.59 Å². The van der Waals surface area contributed by atoms with Crippen LogP contribution in [0.1, 0.15) is 54.4 Å². The number of rotatable bonds is 23. The molecule has 0 aromatic carbocycles. The zero-order valence-corrected chi connectivity index (χ0v) is 25.1. The molecule has 0 saturated carbocycles. The van der Waals surface area contributed by atoms with E-state index in [-0.39, 0.29) is 22.6 Å². The van der Waals surface area contributed by atoms with Gasteiger partial charge in [0.1, 0.15) is 12.6 Å². The first-order valence-corrected chi connectivity index (χ1v) is 19.4. The van der Waals surface area contributed by atoms with Crippen LogP contribution in [0.4, 0.5) is 0 Å². The van der Waals surface area contributed by atoms with Crippen LogP contribution in [0.25, 0.3) is 0 Å². The molecule has 0 rings (SSSR count). The molecule has 0 bridgehead atoms.